The van der Waals surface area contributed by atoms with Crippen LogP contribution in [-0.4, -0.2) is 62.6 Å². The lowest BCUT2D eigenvalue weighted by molar-refractivity contribution is -0.166. The van der Waals surface area contributed by atoms with Gasteiger partial charge < -0.3 is 19.1 Å². The molecule has 0 aliphatic carbocycles. The molecule has 0 radical (unpaired) electrons. The number of nitrogens with zero attached hydrogens (tertiary/aromatic N) is 4. The fourth-order valence-corrected chi connectivity index (χ4v) is 7.45. The third kappa shape index (κ3) is 7.29. The van der Waals surface area contributed by atoms with Gasteiger partial charge in [-0.15, -0.1) is 11.3 Å². The van der Waals surface area contributed by atoms with Crippen LogP contribution in [0.5, 0.6) is 0 Å². The number of carbonyl (C=O) groups excluding carboxylic acids is 2. The number of rotatable bonds is 7. The molecule has 1 amide bonds. The number of benzene rings is 3. The Balaban J connectivity index is 1.47. The molecule has 1 atom stereocenters. The van der Waals surface area contributed by atoms with Crippen molar-refractivity contribution in [1.82, 2.24) is 19.7 Å². The molecule has 2 aromatic heterocycles. The van der Waals surface area contributed by atoms with E-state index in [1.807, 2.05) is 96.6 Å². The molecule has 0 unspecified atom stereocenters. The summed E-state index contributed by atoms with van der Waals surface area (Å²) in [5.41, 5.74) is 6.70. The van der Waals surface area contributed by atoms with E-state index in [1.165, 1.54) is 0 Å². The highest BCUT2D eigenvalue weighted by atomic mass is 35.5. The van der Waals surface area contributed by atoms with Crippen molar-refractivity contribution >= 4 is 61.7 Å². The molecule has 1 aliphatic rings. The number of amides is 1. The van der Waals surface area contributed by atoms with E-state index < -0.39 is 23.3 Å². The number of thiazole rings is 1. The van der Waals surface area contributed by atoms with Gasteiger partial charge in [-0.25, -0.2) is 14.6 Å². The maximum absolute atomic E-state index is 13.5. The van der Waals surface area contributed by atoms with E-state index in [9.17, 15) is 9.59 Å². The van der Waals surface area contributed by atoms with E-state index in [-0.39, 0.29) is 12.7 Å². The van der Waals surface area contributed by atoms with Crippen molar-refractivity contribution in [2.24, 2.45) is 7.05 Å². The van der Waals surface area contributed by atoms with Gasteiger partial charge in [-0.3, -0.25) is 4.68 Å². The lowest BCUT2D eigenvalue weighted by Gasteiger charge is -2.29. The summed E-state index contributed by atoms with van der Waals surface area (Å²) in [6.07, 6.45) is 0.742. The van der Waals surface area contributed by atoms with Gasteiger partial charge in [0.25, 0.3) is 0 Å². The molecule has 5 aromatic rings. The van der Waals surface area contributed by atoms with Crippen molar-refractivity contribution < 1.29 is 23.8 Å². The Hall–Kier alpha value is -4.25. The summed E-state index contributed by atoms with van der Waals surface area (Å²) >= 11 is 7.89. The van der Waals surface area contributed by atoms with Gasteiger partial charge in [0.2, 0.25) is 0 Å². The summed E-state index contributed by atoms with van der Waals surface area (Å²) in [4.78, 5) is 33.2. The third-order valence-electron chi connectivity index (χ3n) is 8.27. The minimum Gasteiger partial charge on any atom is -0.464 e. The molecule has 9 nitrogen and oxygen atoms in total. The Morgan fingerprint density at radius 1 is 1.00 bits per heavy atom. The summed E-state index contributed by atoms with van der Waals surface area (Å²) in [5, 5.41) is 7.27. The van der Waals surface area contributed by atoms with Crippen molar-refractivity contribution in [2.75, 3.05) is 19.7 Å². The first kappa shape index (κ1) is 35.6. The Morgan fingerprint density at radius 2 is 1.70 bits per heavy atom. The van der Waals surface area contributed by atoms with Gasteiger partial charge in [-0.05, 0) is 108 Å². The minimum absolute atomic E-state index is 0.236. The SMILES string of the molecule is CCOC(=O)[C@@H](OC(C)(C)C)c1c(C)cc2nc(-c3ccc4c(c3)c(C3=CCN(C(=O)OC(C)(C)C)C3)nn4C)sc2c1-c1ccc(Cl)cc1. The quantitative estimate of drug-likeness (QED) is 0.155. The molecule has 50 heavy (non-hydrogen) atoms. The van der Waals surface area contributed by atoms with Crippen molar-refractivity contribution in [1.29, 1.82) is 0 Å². The average Bonchev–Trinajstić information content (AvgIpc) is 3.76. The Morgan fingerprint density at radius 3 is 2.36 bits per heavy atom. The molecule has 0 saturated heterocycles. The van der Waals surface area contributed by atoms with Gasteiger partial charge in [0, 0.05) is 40.7 Å². The Bertz CT molecular complexity index is 2140. The summed E-state index contributed by atoms with van der Waals surface area (Å²) in [6.45, 7) is 16.3. The number of halogens is 1. The lowest BCUT2D eigenvalue weighted by Crippen LogP contribution is -2.35. The minimum atomic E-state index is -0.954. The van der Waals surface area contributed by atoms with Gasteiger partial charge in [0.1, 0.15) is 10.6 Å². The van der Waals surface area contributed by atoms with E-state index in [1.54, 1.807) is 23.2 Å². The van der Waals surface area contributed by atoms with Crippen molar-refractivity contribution in [3.05, 3.63) is 76.5 Å². The molecule has 0 bridgehead atoms. The second-order valence-electron chi connectivity index (χ2n) is 14.5. The average molecular weight is 715 g/mol. The second kappa shape index (κ2) is 13.5. The fraction of sp³-hybridized carbons (Fsp3) is 0.385. The predicted molar refractivity (Wildman–Crippen MR) is 201 cm³/mol. The molecule has 3 heterocycles. The molecule has 0 saturated carbocycles. The maximum atomic E-state index is 13.5. The number of hydrogen-bond donors (Lipinski definition) is 0. The number of carbonyl (C=O) groups is 2. The highest BCUT2D eigenvalue weighted by Gasteiger charge is 2.34. The first-order chi connectivity index (χ1) is 23.5. The van der Waals surface area contributed by atoms with E-state index in [0.717, 1.165) is 65.2 Å². The van der Waals surface area contributed by atoms with Crippen LogP contribution in [0.15, 0.2) is 54.6 Å². The van der Waals surface area contributed by atoms with Crippen LogP contribution in [-0.2, 0) is 26.1 Å². The first-order valence-electron chi connectivity index (χ1n) is 16.7. The van der Waals surface area contributed by atoms with E-state index in [4.69, 9.17) is 35.9 Å². The predicted octanol–water partition coefficient (Wildman–Crippen LogP) is 9.53. The number of esters is 1. The maximum Gasteiger partial charge on any atom is 0.410 e. The Kier molecular flexibility index (Phi) is 9.58. The summed E-state index contributed by atoms with van der Waals surface area (Å²) in [6, 6.07) is 15.9. The van der Waals surface area contributed by atoms with E-state index >= 15 is 0 Å². The van der Waals surface area contributed by atoms with Crippen LogP contribution in [0.3, 0.4) is 0 Å². The van der Waals surface area contributed by atoms with Crippen LogP contribution < -0.4 is 0 Å². The smallest absolute Gasteiger partial charge is 0.410 e. The van der Waals surface area contributed by atoms with Crippen molar-refractivity contribution in [3.8, 4) is 21.7 Å². The van der Waals surface area contributed by atoms with Crippen LogP contribution in [0.1, 0.15) is 71.4 Å². The van der Waals surface area contributed by atoms with Crippen LogP contribution in [0, 0.1) is 6.92 Å². The van der Waals surface area contributed by atoms with E-state index in [2.05, 4.69) is 18.2 Å². The molecule has 6 rings (SSSR count). The number of aromatic nitrogens is 3. The lowest BCUT2D eigenvalue weighted by atomic mass is 9.91. The van der Waals surface area contributed by atoms with Gasteiger partial charge in [0.05, 0.1) is 40.2 Å². The zero-order chi connectivity index (χ0) is 36.1. The summed E-state index contributed by atoms with van der Waals surface area (Å²) in [7, 11) is 1.92. The molecule has 1 aliphatic heterocycles. The molecule has 3 aromatic carbocycles. The molecule has 11 heteroatoms. The standard InChI is InChI=1S/C39H43ClN4O5S/c1-10-47-36(45)33(48-38(3,4)5)30-22(2)19-28-34(31(30)23-11-14-26(40)15-12-23)50-35(41-28)24-13-16-29-27(20-24)32(42-43(29)9)25-17-18-44(21-25)37(46)49-39(6,7)8/h11-17,19-20,33H,10,18,21H2,1-9H3/t33-/m0/s1. The number of hydrogen-bond acceptors (Lipinski definition) is 8. The van der Waals surface area contributed by atoms with E-state index in [0.29, 0.717) is 18.1 Å². The Labute approximate surface area is 301 Å². The molecule has 0 spiro atoms. The molecule has 0 fully saturated rings. The van der Waals surface area contributed by atoms with Gasteiger partial charge in [-0.1, -0.05) is 29.8 Å². The highest BCUT2D eigenvalue weighted by Crippen LogP contribution is 2.45. The highest BCUT2D eigenvalue weighted by molar-refractivity contribution is 7.22. The summed E-state index contributed by atoms with van der Waals surface area (Å²) in [5.74, 6) is -0.439. The van der Waals surface area contributed by atoms with Gasteiger partial charge >= 0.3 is 12.1 Å². The zero-order valence-electron chi connectivity index (χ0n) is 30.0. The molecular formula is C39H43ClN4O5S. The second-order valence-corrected chi connectivity index (χ2v) is 15.9. The topological polar surface area (TPSA) is 95.8 Å². The van der Waals surface area contributed by atoms with Gasteiger partial charge in [-0.2, -0.15) is 5.10 Å². The number of fused-ring (bicyclic) bond motifs is 2. The number of aryl methyl sites for hydroxylation is 2. The molecular weight excluding hydrogens is 672 g/mol. The largest absolute Gasteiger partial charge is 0.464 e. The van der Waals surface area contributed by atoms with Gasteiger partial charge in [0.15, 0.2) is 6.10 Å². The molecule has 0 N–H and O–H groups in total. The monoisotopic (exact) mass is 714 g/mol. The van der Waals surface area contributed by atoms with Crippen LogP contribution in [0.4, 0.5) is 4.79 Å². The van der Waals surface area contributed by atoms with Crippen LogP contribution in [0.2, 0.25) is 5.02 Å². The fourth-order valence-electron chi connectivity index (χ4n) is 6.20. The summed E-state index contributed by atoms with van der Waals surface area (Å²) < 4.78 is 20.4. The number of ether oxygens (including phenoxy) is 3. The zero-order valence-corrected chi connectivity index (χ0v) is 31.6. The molecule has 262 valence electrons. The van der Waals surface area contributed by atoms with Crippen LogP contribution >= 0.6 is 22.9 Å². The normalized spacial score (nSPS) is 14.4. The first-order valence-corrected chi connectivity index (χ1v) is 17.9. The third-order valence-corrected chi connectivity index (χ3v) is 9.66. The van der Waals surface area contributed by atoms with Crippen molar-refractivity contribution in [2.45, 2.75) is 72.7 Å². The van der Waals surface area contributed by atoms with Crippen molar-refractivity contribution in [3.63, 3.8) is 0 Å². The van der Waals surface area contributed by atoms with Crippen LogP contribution in [0.25, 0.3) is 48.4 Å².